The Hall–Kier alpha value is -3.69. The van der Waals surface area contributed by atoms with Gasteiger partial charge in [0.1, 0.15) is 11.5 Å². The predicted octanol–water partition coefficient (Wildman–Crippen LogP) is 4.32. The molecule has 0 fully saturated rings. The lowest BCUT2D eigenvalue weighted by molar-refractivity contribution is 0.332. The molecule has 0 saturated carbocycles. The quantitative estimate of drug-likeness (QED) is 0.497. The molecule has 0 unspecified atom stereocenters. The van der Waals surface area contributed by atoms with E-state index in [-0.39, 0.29) is 4.90 Å². The maximum atomic E-state index is 13.8. The summed E-state index contributed by atoms with van der Waals surface area (Å²) in [5, 5.41) is 0. The molecule has 0 amide bonds. The highest BCUT2D eigenvalue weighted by Crippen LogP contribution is 2.41. The first-order valence-electron chi connectivity index (χ1n) is 10.9. The molecule has 0 radical (unpaired) electrons. The summed E-state index contributed by atoms with van der Waals surface area (Å²) in [6, 6.07) is 16.7. The van der Waals surface area contributed by atoms with Crippen LogP contribution in [-0.2, 0) is 10.0 Å². The van der Waals surface area contributed by atoms with Crippen LogP contribution in [0.25, 0.3) is 5.70 Å². The van der Waals surface area contributed by atoms with Gasteiger partial charge in [0.25, 0.3) is 10.0 Å². The Balaban J connectivity index is 1.86. The van der Waals surface area contributed by atoms with Crippen LogP contribution in [-0.4, -0.2) is 41.3 Å². The fraction of sp³-hybridized carbons (Fsp3) is 0.231. The summed E-state index contributed by atoms with van der Waals surface area (Å²) in [5.74, 6) is 2.22. The van der Waals surface area contributed by atoms with Crippen molar-refractivity contribution in [2.24, 2.45) is 0 Å². The summed E-state index contributed by atoms with van der Waals surface area (Å²) in [7, 11) is 2.27. The van der Waals surface area contributed by atoms with E-state index in [0.29, 0.717) is 34.3 Å². The first-order chi connectivity index (χ1) is 16.8. The highest BCUT2D eigenvalue weighted by Gasteiger charge is 2.38. The number of sulfonamides is 1. The van der Waals surface area contributed by atoms with Gasteiger partial charge in [-0.15, -0.1) is 4.41 Å². The van der Waals surface area contributed by atoms with Crippen LogP contribution >= 0.6 is 0 Å². The number of nitrogens with zero attached hydrogens (tertiary/aromatic N) is 1. The van der Waals surface area contributed by atoms with E-state index in [4.69, 9.17) is 18.9 Å². The summed E-state index contributed by atoms with van der Waals surface area (Å²) in [5.41, 5.74) is 6.02. The molecular weight excluding hydrogens is 468 g/mol. The number of hydrazine groups is 1. The van der Waals surface area contributed by atoms with Gasteiger partial charge in [-0.05, 0) is 61.5 Å². The number of rotatable bonds is 8. The number of benzene rings is 3. The van der Waals surface area contributed by atoms with Crippen LogP contribution in [0.15, 0.2) is 71.6 Å². The minimum absolute atomic E-state index is 0.171. The Morgan fingerprint density at radius 1 is 0.771 bits per heavy atom. The average molecular weight is 497 g/mol. The molecule has 4 rings (SSSR count). The molecule has 3 aromatic rings. The Kier molecular flexibility index (Phi) is 6.90. The van der Waals surface area contributed by atoms with Gasteiger partial charge >= 0.3 is 0 Å². The average Bonchev–Trinajstić information content (AvgIpc) is 3.34. The van der Waals surface area contributed by atoms with Gasteiger partial charge in [-0.2, -0.15) is 0 Å². The van der Waals surface area contributed by atoms with Crippen LogP contribution in [0.1, 0.15) is 22.7 Å². The zero-order chi connectivity index (χ0) is 25.2. The van der Waals surface area contributed by atoms with Crippen LogP contribution in [0.4, 0.5) is 0 Å². The van der Waals surface area contributed by atoms with Crippen molar-refractivity contribution in [3.63, 3.8) is 0 Å². The lowest BCUT2D eigenvalue weighted by Crippen LogP contribution is -2.39. The Morgan fingerprint density at radius 2 is 1.43 bits per heavy atom. The molecule has 0 spiro atoms. The van der Waals surface area contributed by atoms with Crippen molar-refractivity contribution in [3.8, 4) is 23.0 Å². The summed E-state index contributed by atoms with van der Waals surface area (Å²) in [4.78, 5) is 0.171. The smallest absolute Gasteiger partial charge is 0.260 e. The molecule has 1 atom stereocenters. The first-order valence-corrected chi connectivity index (χ1v) is 12.3. The lowest BCUT2D eigenvalue weighted by atomic mass is 10.0. The van der Waals surface area contributed by atoms with Crippen LogP contribution in [0.2, 0.25) is 0 Å². The topological polar surface area (TPSA) is 86.3 Å². The van der Waals surface area contributed by atoms with Crippen molar-refractivity contribution in [1.82, 2.24) is 9.84 Å². The maximum absolute atomic E-state index is 13.8. The fourth-order valence-electron chi connectivity index (χ4n) is 3.94. The molecule has 1 aliphatic rings. The van der Waals surface area contributed by atoms with E-state index in [2.05, 4.69) is 5.43 Å². The molecule has 0 aromatic heterocycles. The Morgan fingerprint density at radius 3 is 2.06 bits per heavy atom. The van der Waals surface area contributed by atoms with E-state index in [1.165, 1.54) is 4.41 Å². The second kappa shape index (κ2) is 9.89. The summed E-state index contributed by atoms with van der Waals surface area (Å²) in [6.07, 6.45) is 1.84. The number of hydrogen-bond donors (Lipinski definition) is 1. The van der Waals surface area contributed by atoms with Gasteiger partial charge in [-0.3, -0.25) is 0 Å². The van der Waals surface area contributed by atoms with E-state index in [9.17, 15) is 8.42 Å². The molecule has 0 saturated heterocycles. The summed E-state index contributed by atoms with van der Waals surface area (Å²) in [6.45, 7) is 1.91. The number of aryl methyl sites for hydroxylation is 1. The number of methoxy groups -OCH3 is 4. The van der Waals surface area contributed by atoms with E-state index >= 15 is 0 Å². The monoisotopic (exact) mass is 496 g/mol. The molecule has 3 aromatic carbocycles. The number of ether oxygens (including phenoxy) is 4. The SMILES string of the molecule is COc1ccc(OC)c([C@H]2C=C(c3ccc(OC)c(OC)c3)NN2S(=O)(=O)c2ccc(C)cc2)c1. The third-order valence-corrected chi connectivity index (χ3v) is 7.54. The molecule has 184 valence electrons. The zero-order valence-corrected chi connectivity index (χ0v) is 21.0. The number of nitrogens with one attached hydrogen (secondary N) is 1. The van der Waals surface area contributed by atoms with Crippen LogP contribution in [0.3, 0.4) is 0 Å². The third-order valence-electron chi connectivity index (χ3n) is 5.84. The molecule has 9 heteroatoms. The minimum Gasteiger partial charge on any atom is -0.497 e. The fourth-order valence-corrected chi connectivity index (χ4v) is 5.33. The van der Waals surface area contributed by atoms with E-state index in [0.717, 1.165) is 11.1 Å². The van der Waals surface area contributed by atoms with Crippen molar-refractivity contribution in [2.45, 2.75) is 17.9 Å². The van der Waals surface area contributed by atoms with Gasteiger partial charge in [0, 0.05) is 11.1 Å². The zero-order valence-electron chi connectivity index (χ0n) is 20.2. The van der Waals surface area contributed by atoms with Gasteiger partial charge < -0.3 is 24.4 Å². The van der Waals surface area contributed by atoms with Gasteiger partial charge in [-0.1, -0.05) is 17.7 Å². The van der Waals surface area contributed by atoms with Gasteiger partial charge in [-0.25, -0.2) is 8.42 Å². The third kappa shape index (κ3) is 4.65. The minimum atomic E-state index is -3.95. The van der Waals surface area contributed by atoms with Crippen molar-refractivity contribution < 1.29 is 27.4 Å². The first kappa shape index (κ1) is 24.4. The highest BCUT2D eigenvalue weighted by molar-refractivity contribution is 7.89. The molecule has 35 heavy (non-hydrogen) atoms. The molecule has 1 heterocycles. The van der Waals surface area contributed by atoms with Gasteiger partial charge in [0.15, 0.2) is 11.5 Å². The van der Waals surface area contributed by atoms with E-state index in [1.54, 1.807) is 83.0 Å². The lowest BCUT2D eigenvalue weighted by Gasteiger charge is -2.26. The Bertz CT molecular complexity index is 1350. The summed E-state index contributed by atoms with van der Waals surface area (Å²) >= 11 is 0. The van der Waals surface area contributed by atoms with Crippen molar-refractivity contribution in [1.29, 1.82) is 0 Å². The molecular formula is C26H28N2O6S. The van der Waals surface area contributed by atoms with Crippen LogP contribution in [0, 0.1) is 6.92 Å². The van der Waals surface area contributed by atoms with E-state index < -0.39 is 16.1 Å². The molecule has 8 nitrogen and oxygen atoms in total. The van der Waals surface area contributed by atoms with Crippen LogP contribution < -0.4 is 24.4 Å². The van der Waals surface area contributed by atoms with Gasteiger partial charge in [0.05, 0.1) is 45.1 Å². The predicted molar refractivity (Wildman–Crippen MR) is 133 cm³/mol. The standard InChI is InChI=1S/C26H28N2O6S/c1-17-6-10-20(11-7-17)35(29,30)28-23(21-15-19(31-2)9-13-24(21)32-3)16-22(27-28)18-8-12-25(33-4)26(14-18)34-5/h6-16,23,27H,1-5H3/t23-/m1/s1. The van der Waals surface area contributed by atoms with Gasteiger partial charge in [0.2, 0.25) is 0 Å². The van der Waals surface area contributed by atoms with Crippen LogP contribution in [0.5, 0.6) is 23.0 Å². The molecule has 1 aliphatic heterocycles. The van der Waals surface area contributed by atoms with E-state index in [1.807, 2.05) is 19.1 Å². The second-order valence-electron chi connectivity index (χ2n) is 7.93. The molecule has 0 bridgehead atoms. The maximum Gasteiger partial charge on any atom is 0.260 e. The van der Waals surface area contributed by atoms with Crippen molar-refractivity contribution >= 4 is 15.7 Å². The largest absolute Gasteiger partial charge is 0.497 e. The molecule has 0 aliphatic carbocycles. The number of hydrogen-bond acceptors (Lipinski definition) is 7. The highest BCUT2D eigenvalue weighted by atomic mass is 32.2. The molecule has 1 N–H and O–H groups in total. The van der Waals surface area contributed by atoms with Crippen molar-refractivity contribution in [2.75, 3.05) is 28.4 Å². The Labute approximate surface area is 205 Å². The summed E-state index contributed by atoms with van der Waals surface area (Å²) < 4.78 is 50.6. The second-order valence-corrected chi connectivity index (χ2v) is 9.74. The van der Waals surface area contributed by atoms with Crippen molar-refractivity contribution in [3.05, 3.63) is 83.4 Å². The normalized spacial score (nSPS) is 15.8.